The summed E-state index contributed by atoms with van der Waals surface area (Å²) in [6, 6.07) is 0.589. The lowest BCUT2D eigenvalue weighted by Gasteiger charge is -2.50. The van der Waals surface area contributed by atoms with E-state index in [0.717, 1.165) is 32.5 Å². The first-order chi connectivity index (χ1) is 9.61. The number of nitrogens with two attached hydrogens (primary N) is 1. The van der Waals surface area contributed by atoms with Crippen LogP contribution in [-0.2, 0) is 4.74 Å². The topological polar surface area (TPSA) is 41.7 Å². The van der Waals surface area contributed by atoms with Gasteiger partial charge in [0.05, 0.1) is 6.10 Å². The van der Waals surface area contributed by atoms with Gasteiger partial charge in [-0.2, -0.15) is 0 Å². The summed E-state index contributed by atoms with van der Waals surface area (Å²) in [4.78, 5) is 5.17. The maximum absolute atomic E-state index is 6.26. The summed E-state index contributed by atoms with van der Waals surface area (Å²) in [6.07, 6.45) is 6.24. The second kappa shape index (κ2) is 7.21. The molecular weight excluding hydrogens is 250 g/mol. The molecule has 20 heavy (non-hydrogen) atoms. The predicted octanol–water partition coefficient (Wildman–Crippen LogP) is 1.69. The number of ether oxygens (including phenoxy) is 1. The molecular formula is C16H33N3O. The van der Waals surface area contributed by atoms with Crippen LogP contribution < -0.4 is 5.73 Å². The maximum atomic E-state index is 6.26. The molecule has 0 bridgehead atoms. The van der Waals surface area contributed by atoms with Gasteiger partial charge >= 0.3 is 0 Å². The zero-order valence-corrected chi connectivity index (χ0v) is 13.6. The zero-order valence-electron chi connectivity index (χ0n) is 13.6. The van der Waals surface area contributed by atoms with Crippen molar-refractivity contribution in [1.82, 2.24) is 9.80 Å². The molecule has 3 atom stereocenters. The monoisotopic (exact) mass is 283 g/mol. The van der Waals surface area contributed by atoms with Crippen molar-refractivity contribution in [1.29, 1.82) is 0 Å². The third kappa shape index (κ3) is 3.53. The third-order valence-corrected chi connectivity index (χ3v) is 5.18. The average Bonchev–Trinajstić information content (AvgIpc) is 2.60. The number of likely N-dealkylation sites (N-methyl/N-ethyl adjacent to an activating group) is 1. The lowest BCUT2D eigenvalue weighted by atomic mass is 9.82. The largest absolute Gasteiger partial charge is 0.378 e. The van der Waals surface area contributed by atoms with Gasteiger partial charge in [-0.15, -0.1) is 0 Å². The minimum Gasteiger partial charge on any atom is -0.378 e. The van der Waals surface area contributed by atoms with Crippen LogP contribution >= 0.6 is 0 Å². The van der Waals surface area contributed by atoms with Gasteiger partial charge in [0.15, 0.2) is 0 Å². The normalized spacial score (nSPS) is 37.8. The fourth-order valence-electron chi connectivity index (χ4n) is 4.15. The van der Waals surface area contributed by atoms with Crippen LogP contribution in [0.25, 0.3) is 0 Å². The molecule has 4 nitrogen and oxygen atoms in total. The number of hydrogen-bond acceptors (Lipinski definition) is 4. The van der Waals surface area contributed by atoms with E-state index >= 15 is 0 Å². The molecule has 2 N–H and O–H groups in total. The van der Waals surface area contributed by atoms with Gasteiger partial charge in [-0.25, -0.2) is 0 Å². The molecule has 2 saturated heterocycles. The molecule has 0 radical (unpaired) electrons. The summed E-state index contributed by atoms with van der Waals surface area (Å²) >= 11 is 0. The lowest BCUT2D eigenvalue weighted by molar-refractivity contribution is -0.0832. The molecule has 2 aliphatic rings. The summed E-state index contributed by atoms with van der Waals surface area (Å²) in [5.41, 5.74) is 6.43. The van der Waals surface area contributed by atoms with E-state index in [0.29, 0.717) is 12.1 Å². The maximum Gasteiger partial charge on any atom is 0.0593 e. The molecule has 0 aliphatic carbocycles. The summed E-state index contributed by atoms with van der Waals surface area (Å²) in [5, 5.41) is 0. The second-order valence-corrected chi connectivity index (χ2v) is 6.82. The van der Waals surface area contributed by atoms with Crippen LogP contribution in [0.3, 0.4) is 0 Å². The Bertz CT molecular complexity index is 297. The first-order valence-corrected chi connectivity index (χ1v) is 8.38. The summed E-state index contributed by atoms with van der Waals surface area (Å²) in [7, 11) is 2.24. The average molecular weight is 283 g/mol. The molecule has 0 aromatic heterocycles. The quantitative estimate of drug-likeness (QED) is 0.852. The number of rotatable bonds is 4. The predicted molar refractivity (Wildman–Crippen MR) is 83.9 cm³/mol. The fourth-order valence-corrected chi connectivity index (χ4v) is 4.15. The van der Waals surface area contributed by atoms with E-state index in [4.69, 9.17) is 10.5 Å². The molecule has 0 aromatic rings. The molecule has 2 fully saturated rings. The Labute approximate surface area is 124 Å². The van der Waals surface area contributed by atoms with Crippen molar-refractivity contribution in [3.05, 3.63) is 0 Å². The third-order valence-electron chi connectivity index (χ3n) is 5.18. The molecule has 118 valence electrons. The zero-order chi connectivity index (χ0) is 14.6. The van der Waals surface area contributed by atoms with Gasteiger partial charge in [0.25, 0.3) is 0 Å². The van der Waals surface area contributed by atoms with Crippen molar-refractivity contribution in [3.8, 4) is 0 Å². The van der Waals surface area contributed by atoms with Crippen molar-refractivity contribution in [2.24, 2.45) is 5.73 Å². The Hall–Kier alpha value is -0.160. The van der Waals surface area contributed by atoms with E-state index in [1.54, 1.807) is 0 Å². The number of hydrogen-bond donors (Lipinski definition) is 1. The van der Waals surface area contributed by atoms with Gasteiger partial charge in [0, 0.05) is 37.8 Å². The SMILES string of the molecule is CCCC1CC(CN)(N2CCCN(C)CC2C)CCO1. The van der Waals surface area contributed by atoms with Crippen LogP contribution in [0.4, 0.5) is 0 Å². The van der Waals surface area contributed by atoms with Gasteiger partial charge in [0.1, 0.15) is 0 Å². The minimum atomic E-state index is 0.169. The first-order valence-electron chi connectivity index (χ1n) is 8.38. The summed E-state index contributed by atoms with van der Waals surface area (Å²) in [5.74, 6) is 0. The van der Waals surface area contributed by atoms with Gasteiger partial charge in [-0.1, -0.05) is 13.3 Å². The van der Waals surface area contributed by atoms with Crippen LogP contribution in [0.15, 0.2) is 0 Å². The molecule has 0 saturated carbocycles. The van der Waals surface area contributed by atoms with Crippen LogP contribution in [-0.4, -0.2) is 67.3 Å². The highest BCUT2D eigenvalue weighted by atomic mass is 16.5. The fraction of sp³-hybridized carbons (Fsp3) is 1.00. The van der Waals surface area contributed by atoms with Crippen molar-refractivity contribution < 1.29 is 4.74 Å². The second-order valence-electron chi connectivity index (χ2n) is 6.82. The Morgan fingerprint density at radius 2 is 2.15 bits per heavy atom. The van der Waals surface area contributed by atoms with Crippen molar-refractivity contribution in [2.75, 3.05) is 39.8 Å². The van der Waals surface area contributed by atoms with Crippen molar-refractivity contribution in [3.63, 3.8) is 0 Å². The minimum absolute atomic E-state index is 0.169. The highest BCUT2D eigenvalue weighted by molar-refractivity contribution is 4.99. The molecule has 3 unspecified atom stereocenters. The molecule has 0 amide bonds. The van der Waals surface area contributed by atoms with Crippen LogP contribution in [0.1, 0.15) is 46.0 Å². The van der Waals surface area contributed by atoms with Gasteiger partial charge < -0.3 is 15.4 Å². The molecule has 2 aliphatic heterocycles. The highest BCUT2D eigenvalue weighted by Gasteiger charge is 2.42. The summed E-state index contributed by atoms with van der Waals surface area (Å²) < 4.78 is 5.96. The van der Waals surface area contributed by atoms with Crippen LogP contribution in [0, 0.1) is 0 Å². The van der Waals surface area contributed by atoms with Crippen LogP contribution in [0.5, 0.6) is 0 Å². The Kier molecular flexibility index (Phi) is 5.84. The summed E-state index contributed by atoms with van der Waals surface area (Å²) in [6.45, 7) is 9.79. The Morgan fingerprint density at radius 1 is 1.35 bits per heavy atom. The van der Waals surface area contributed by atoms with Gasteiger partial charge in [-0.05, 0) is 46.2 Å². The molecule has 2 heterocycles. The van der Waals surface area contributed by atoms with E-state index in [9.17, 15) is 0 Å². The van der Waals surface area contributed by atoms with Crippen LogP contribution in [0.2, 0.25) is 0 Å². The Morgan fingerprint density at radius 3 is 2.85 bits per heavy atom. The van der Waals surface area contributed by atoms with Crippen molar-refractivity contribution in [2.45, 2.75) is 63.6 Å². The van der Waals surface area contributed by atoms with Gasteiger partial charge in [0.2, 0.25) is 0 Å². The molecule has 0 aromatic carbocycles. The standard InChI is InChI=1S/C16H33N3O/c1-4-6-15-11-16(13-17,7-10-20-15)19-9-5-8-18(3)12-14(19)2/h14-15H,4-13,17H2,1-3H3. The lowest BCUT2D eigenvalue weighted by Crippen LogP contribution is -2.61. The van der Waals surface area contributed by atoms with E-state index in [1.807, 2.05) is 0 Å². The van der Waals surface area contributed by atoms with E-state index in [2.05, 4.69) is 30.7 Å². The van der Waals surface area contributed by atoms with E-state index in [-0.39, 0.29) is 5.54 Å². The smallest absolute Gasteiger partial charge is 0.0593 e. The first kappa shape index (κ1) is 16.2. The number of nitrogens with zero attached hydrogens (tertiary/aromatic N) is 2. The van der Waals surface area contributed by atoms with Crippen molar-refractivity contribution >= 4 is 0 Å². The molecule has 4 heteroatoms. The molecule has 0 spiro atoms. The molecule has 2 rings (SSSR count). The van der Waals surface area contributed by atoms with E-state index in [1.165, 1.54) is 32.4 Å². The van der Waals surface area contributed by atoms with Gasteiger partial charge in [-0.3, -0.25) is 4.90 Å². The highest BCUT2D eigenvalue weighted by Crippen LogP contribution is 2.34. The Balaban J connectivity index is 2.11. The van der Waals surface area contributed by atoms with E-state index < -0.39 is 0 Å².